The molecule has 1 atom stereocenters. The molecule has 0 N–H and O–H groups in total. The van der Waals surface area contributed by atoms with E-state index < -0.39 is 5.92 Å². The van der Waals surface area contributed by atoms with Crippen LogP contribution >= 0.6 is 0 Å². The van der Waals surface area contributed by atoms with Crippen LogP contribution < -0.4 is 0 Å². The van der Waals surface area contributed by atoms with E-state index in [9.17, 15) is 4.79 Å². The first-order chi connectivity index (χ1) is 8.74. The number of nitrogens with zero attached hydrogens (tertiary/aromatic N) is 4. The standard InChI is InChI=1S/C11H12N4O3/c1-15-5-7(4-12-15)10-13-11(18-14-10)8-6-17-3-2-9(8)16/h4-5,8H,2-3,6H2,1H3. The Bertz CT molecular complexity index is 574. The van der Waals surface area contributed by atoms with Gasteiger partial charge in [0.2, 0.25) is 11.7 Å². The molecule has 3 rings (SSSR count). The van der Waals surface area contributed by atoms with E-state index >= 15 is 0 Å². The topological polar surface area (TPSA) is 83.0 Å². The molecular weight excluding hydrogens is 236 g/mol. The molecule has 0 saturated carbocycles. The molecule has 0 bridgehead atoms. The van der Waals surface area contributed by atoms with E-state index in [4.69, 9.17) is 9.26 Å². The second kappa shape index (κ2) is 4.34. The zero-order valence-corrected chi connectivity index (χ0v) is 9.87. The number of carbonyl (C=O) groups excluding carboxylic acids is 1. The lowest BCUT2D eigenvalue weighted by molar-refractivity contribution is -0.127. The lowest BCUT2D eigenvalue weighted by atomic mass is 10.0. The van der Waals surface area contributed by atoms with Gasteiger partial charge in [0.25, 0.3) is 0 Å². The van der Waals surface area contributed by atoms with Gasteiger partial charge in [0.1, 0.15) is 11.7 Å². The maximum Gasteiger partial charge on any atom is 0.239 e. The summed E-state index contributed by atoms with van der Waals surface area (Å²) >= 11 is 0. The fourth-order valence-electron chi connectivity index (χ4n) is 1.88. The van der Waals surface area contributed by atoms with Gasteiger partial charge in [-0.3, -0.25) is 9.48 Å². The molecule has 18 heavy (non-hydrogen) atoms. The van der Waals surface area contributed by atoms with Crippen molar-refractivity contribution in [1.29, 1.82) is 0 Å². The summed E-state index contributed by atoms with van der Waals surface area (Å²) in [5.74, 6) is 0.411. The lowest BCUT2D eigenvalue weighted by Gasteiger charge is -2.16. The highest BCUT2D eigenvalue weighted by Gasteiger charge is 2.30. The van der Waals surface area contributed by atoms with E-state index in [1.807, 2.05) is 7.05 Å². The van der Waals surface area contributed by atoms with E-state index in [1.165, 1.54) is 0 Å². The molecular formula is C11H12N4O3. The molecule has 0 aliphatic carbocycles. The van der Waals surface area contributed by atoms with Crippen molar-refractivity contribution in [2.75, 3.05) is 13.2 Å². The number of Topliss-reactive ketones (excluding diaryl/α,β-unsaturated/α-hetero) is 1. The zero-order valence-electron chi connectivity index (χ0n) is 9.87. The molecule has 3 heterocycles. The van der Waals surface area contributed by atoms with Crippen LogP contribution in [0.15, 0.2) is 16.9 Å². The van der Waals surface area contributed by atoms with Gasteiger partial charge >= 0.3 is 0 Å². The Kier molecular flexibility index (Phi) is 2.67. The molecule has 0 spiro atoms. The van der Waals surface area contributed by atoms with Crippen LogP contribution in [-0.2, 0) is 16.6 Å². The van der Waals surface area contributed by atoms with Crippen molar-refractivity contribution in [2.24, 2.45) is 7.05 Å². The van der Waals surface area contributed by atoms with Gasteiger partial charge in [-0.05, 0) is 0 Å². The van der Waals surface area contributed by atoms with Crippen LogP contribution in [0.4, 0.5) is 0 Å². The average Bonchev–Trinajstić information content (AvgIpc) is 2.98. The first-order valence-electron chi connectivity index (χ1n) is 5.67. The van der Waals surface area contributed by atoms with Gasteiger partial charge in [0.05, 0.1) is 25.0 Å². The van der Waals surface area contributed by atoms with Crippen molar-refractivity contribution in [1.82, 2.24) is 19.9 Å². The molecule has 1 fully saturated rings. The summed E-state index contributed by atoms with van der Waals surface area (Å²) < 4.78 is 12.1. The molecule has 2 aromatic rings. The molecule has 1 saturated heterocycles. The summed E-state index contributed by atoms with van der Waals surface area (Å²) in [5.41, 5.74) is 0.761. The molecule has 2 aromatic heterocycles. The molecule has 7 nitrogen and oxygen atoms in total. The van der Waals surface area contributed by atoms with Crippen LogP contribution in [0.5, 0.6) is 0 Å². The summed E-state index contributed by atoms with van der Waals surface area (Å²) in [7, 11) is 1.81. The van der Waals surface area contributed by atoms with Gasteiger partial charge < -0.3 is 9.26 Å². The summed E-state index contributed by atoms with van der Waals surface area (Å²) in [6.45, 7) is 0.784. The van der Waals surface area contributed by atoms with E-state index in [0.717, 1.165) is 5.56 Å². The third-order valence-electron chi connectivity index (χ3n) is 2.87. The Morgan fingerprint density at radius 2 is 2.39 bits per heavy atom. The predicted octanol–water partition coefficient (Wildman–Crippen LogP) is 0.543. The number of ether oxygens (including phenoxy) is 1. The van der Waals surface area contributed by atoms with Crippen molar-refractivity contribution < 1.29 is 14.1 Å². The number of hydrogen-bond acceptors (Lipinski definition) is 6. The Hall–Kier alpha value is -2.02. The first-order valence-corrected chi connectivity index (χ1v) is 5.67. The molecule has 1 unspecified atom stereocenters. The largest absolute Gasteiger partial charge is 0.380 e. The normalized spacial score (nSPS) is 20.3. The van der Waals surface area contributed by atoms with Crippen LogP contribution in [0.3, 0.4) is 0 Å². The van der Waals surface area contributed by atoms with Gasteiger partial charge in [-0.1, -0.05) is 5.16 Å². The Morgan fingerprint density at radius 1 is 1.50 bits per heavy atom. The van der Waals surface area contributed by atoms with Crippen molar-refractivity contribution in [3.05, 3.63) is 18.3 Å². The van der Waals surface area contributed by atoms with Crippen molar-refractivity contribution in [2.45, 2.75) is 12.3 Å². The Balaban J connectivity index is 1.87. The maximum atomic E-state index is 11.7. The Morgan fingerprint density at radius 3 is 3.11 bits per heavy atom. The third-order valence-corrected chi connectivity index (χ3v) is 2.87. The summed E-state index contributed by atoms with van der Waals surface area (Å²) in [6, 6.07) is 0. The highest BCUT2D eigenvalue weighted by Crippen LogP contribution is 2.23. The molecule has 94 valence electrons. The first kappa shape index (κ1) is 11.1. The van der Waals surface area contributed by atoms with Crippen LogP contribution in [0, 0.1) is 0 Å². The fourth-order valence-corrected chi connectivity index (χ4v) is 1.88. The molecule has 7 heteroatoms. The minimum Gasteiger partial charge on any atom is -0.380 e. The van der Waals surface area contributed by atoms with E-state index in [2.05, 4.69) is 15.2 Å². The fraction of sp³-hybridized carbons (Fsp3) is 0.455. The maximum absolute atomic E-state index is 11.7. The quantitative estimate of drug-likeness (QED) is 0.771. The van der Waals surface area contributed by atoms with Crippen LogP contribution in [0.25, 0.3) is 11.4 Å². The van der Waals surface area contributed by atoms with Crippen molar-refractivity contribution >= 4 is 5.78 Å². The van der Waals surface area contributed by atoms with Gasteiger partial charge in [0, 0.05) is 19.7 Å². The monoisotopic (exact) mass is 248 g/mol. The lowest BCUT2D eigenvalue weighted by Crippen LogP contribution is -2.25. The smallest absolute Gasteiger partial charge is 0.239 e. The zero-order chi connectivity index (χ0) is 12.5. The number of aryl methyl sites for hydroxylation is 1. The average molecular weight is 248 g/mol. The third kappa shape index (κ3) is 1.92. The Labute approximate surface area is 103 Å². The molecule has 1 aliphatic rings. The van der Waals surface area contributed by atoms with Crippen LogP contribution in [0.1, 0.15) is 18.2 Å². The van der Waals surface area contributed by atoms with Crippen molar-refractivity contribution in [3.63, 3.8) is 0 Å². The molecule has 0 amide bonds. The van der Waals surface area contributed by atoms with Gasteiger partial charge in [-0.2, -0.15) is 10.1 Å². The highest BCUT2D eigenvalue weighted by molar-refractivity contribution is 5.85. The van der Waals surface area contributed by atoms with E-state index in [1.54, 1.807) is 17.1 Å². The highest BCUT2D eigenvalue weighted by atomic mass is 16.5. The van der Waals surface area contributed by atoms with Gasteiger partial charge in [-0.25, -0.2) is 0 Å². The van der Waals surface area contributed by atoms with E-state index in [0.29, 0.717) is 31.3 Å². The van der Waals surface area contributed by atoms with Gasteiger partial charge in [0.15, 0.2) is 0 Å². The summed E-state index contributed by atoms with van der Waals surface area (Å²) in [6.07, 6.45) is 3.83. The predicted molar refractivity (Wildman–Crippen MR) is 59.7 cm³/mol. The van der Waals surface area contributed by atoms with Gasteiger partial charge in [-0.15, -0.1) is 0 Å². The SMILES string of the molecule is Cn1cc(-c2noc(C3COCCC3=O)n2)cn1. The van der Waals surface area contributed by atoms with E-state index in [-0.39, 0.29) is 5.78 Å². The van der Waals surface area contributed by atoms with Crippen molar-refractivity contribution in [3.8, 4) is 11.4 Å². The minimum absolute atomic E-state index is 0.0858. The number of rotatable bonds is 2. The molecule has 1 aliphatic heterocycles. The molecule has 0 radical (unpaired) electrons. The number of hydrogen-bond donors (Lipinski definition) is 0. The molecule has 0 aromatic carbocycles. The number of ketones is 1. The number of aromatic nitrogens is 4. The summed E-state index contributed by atoms with van der Waals surface area (Å²) in [4.78, 5) is 16.0. The number of carbonyl (C=O) groups is 1. The van der Waals surface area contributed by atoms with Crippen LogP contribution in [0.2, 0.25) is 0 Å². The second-order valence-electron chi connectivity index (χ2n) is 4.20. The summed E-state index contributed by atoms with van der Waals surface area (Å²) in [5, 5.41) is 7.90. The minimum atomic E-state index is -0.434. The van der Waals surface area contributed by atoms with Crippen LogP contribution in [-0.4, -0.2) is 38.9 Å². The second-order valence-corrected chi connectivity index (χ2v) is 4.20.